The molecule has 150 valence electrons. The van der Waals surface area contributed by atoms with Crippen LogP contribution in [-0.2, 0) is 11.3 Å². The zero-order valence-corrected chi connectivity index (χ0v) is 18.2. The maximum Gasteiger partial charge on any atom is 0.221 e. The average Bonchev–Trinajstić information content (AvgIpc) is 3.42. The number of carbonyl (C=O) groups excluding carboxylic acids is 1. The Bertz CT molecular complexity index is 1140. The Kier molecular flexibility index (Phi) is 5.70. The van der Waals surface area contributed by atoms with Crippen LogP contribution in [0.3, 0.4) is 0 Å². The van der Waals surface area contributed by atoms with Gasteiger partial charge in [-0.1, -0.05) is 6.07 Å². The zero-order valence-electron chi connectivity index (χ0n) is 16.5. The number of fused-ring (bicyclic) bond motifs is 1. The van der Waals surface area contributed by atoms with E-state index < -0.39 is 0 Å². The number of nitrogens with one attached hydrogen (secondary N) is 2. The van der Waals surface area contributed by atoms with Gasteiger partial charge >= 0.3 is 0 Å². The number of thiazole rings is 2. The summed E-state index contributed by atoms with van der Waals surface area (Å²) in [6.07, 6.45) is 0.459. The number of H-pyrrole nitrogens is 1. The fraction of sp³-hybridized carbons (Fsp3) is 0.300. The molecule has 29 heavy (non-hydrogen) atoms. The molecule has 0 atom stereocenters. The highest BCUT2D eigenvalue weighted by Gasteiger charge is 2.18. The van der Waals surface area contributed by atoms with Crippen LogP contribution >= 0.6 is 22.7 Å². The predicted octanol–water partition coefficient (Wildman–Crippen LogP) is 3.69. The van der Waals surface area contributed by atoms with Gasteiger partial charge in [-0.05, 0) is 33.2 Å². The van der Waals surface area contributed by atoms with E-state index in [9.17, 15) is 4.79 Å². The molecule has 0 aliphatic rings. The Morgan fingerprint density at radius 2 is 2.10 bits per heavy atom. The van der Waals surface area contributed by atoms with Gasteiger partial charge in [0.1, 0.15) is 16.5 Å². The van der Waals surface area contributed by atoms with E-state index in [0.717, 1.165) is 37.9 Å². The number of rotatable bonds is 7. The third-order valence-electron chi connectivity index (χ3n) is 4.43. The van der Waals surface area contributed by atoms with Gasteiger partial charge in [0.2, 0.25) is 5.91 Å². The van der Waals surface area contributed by atoms with Crippen LogP contribution < -0.4 is 5.32 Å². The lowest BCUT2D eigenvalue weighted by molar-refractivity contribution is -0.121. The molecule has 0 unspecified atom stereocenters. The van der Waals surface area contributed by atoms with Gasteiger partial charge in [0.15, 0.2) is 0 Å². The minimum absolute atomic E-state index is 0.00868. The third-order valence-corrected chi connectivity index (χ3v) is 6.19. The van der Waals surface area contributed by atoms with Crippen molar-refractivity contribution in [1.29, 1.82) is 0 Å². The van der Waals surface area contributed by atoms with Crippen molar-refractivity contribution < 1.29 is 4.79 Å². The maximum absolute atomic E-state index is 12.1. The minimum atomic E-state index is 0.00868. The standard InChI is InChI=1S/C20H22N6OS2/c1-12-10-28-20(23-12)19-18(13-4-5-14-15(8-13)29-11-22-14)24-16(25-19)9-21-17(27)6-7-26(2)3/h4-5,8,10-11H,6-7,9H2,1-3H3,(H,21,27)(H,24,25). The smallest absolute Gasteiger partial charge is 0.221 e. The second-order valence-electron chi connectivity index (χ2n) is 7.07. The topological polar surface area (TPSA) is 86.8 Å². The summed E-state index contributed by atoms with van der Waals surface area (Å²) in [6, 6.07) is 6.17. The summed E-state index contributed by atoms with van der Waals surface area (Å²) in [4.78, 5) is 31.2. The monoisotopic (exact) mass is 426 g/mol. The molecule has 1 amide bonds. The highest BCUT2D eigenvalue weighted by Crippen LogP contribution is 2.34. The lowest BCUT2D eigenvalue weighted by Crippen LogP contribution is -2.27. The molecule has 0 spiro atoms. The number of nitrogens with zero attached hydrogens (tertiary/aromatic N) is 4. The van der Waals surface area contributed by atoms with Gasteiger partial charge in [-0.2, -0.15) is 0 Å². The van der Waals surface area contributed by atoms with Crippen LogP contribution in [0.15, 0.2) is 29.1 Å². The summed E-state index contributed by atoms with van der Waals surface area (Å²) >= 11 is 3.18. The minimum Gasteiger partial charge on any atom is -0.349 e. The van der Waals surface area contributed by atoms with E-state index in [1.165, 1.54) is 0 Å². The zero-order chi connectivity index (χ0) is 20.4. The summed E-state index contributed by atoms with van der Waals surface area (Å²) in [5, 5.41) is 5.83. The number of hydrogen-bond donors (Lipinski definition) is 2. The Balaban J connectivity index is 1.63. The first-order valence-corrected chi connectivity index (χ1v) is 11.0. The van der Waals surface area contributed by atoms with Crippen molar-refractivity contribution in [3.8, 4) is 22.0 Å². The molecule has 0 saturated heterocycles. The number of aromatic nitrogens is 4. The molecule has 0 radical (unpaired) electrons. The van der Waals surface area contributed by atoms with Crippen molar-refractivity contribution in [2.24, 2.45) is 0 Å². The molecule has 0 aliphatic heterocycles. The summed E-state index contributed by atoms with van der Waals surface area (Å²) in [6.45, 7) is 3.04. The average molecular weight is 427 g/mol. The van der Waals surface area contributed by atoms with Crippen molar-refractivity contribution >= 4 is 38.8 Å². The van der Waals surface area contributed by atoms with Gasteiger partial charge in [-0.25, -0.2) is 15.0 Å². The molecular weight excluding hydrogens is 404 g/mol. The van der Waals surface area contributed by atoms with Crippen LogP contribution in [0.4, 0.5) is 0 Å². The van der Waals surface area contributed by atoms with E-state index in [2.05, 4.69) is 26.3 Å². The molecule has 0 fully saturated rings. The van der Waals surface area contributed by atoms with E-state index in [0.29, 0.717) is 25.3 Å². The molecule has 1 aromatic carbocycles. The normalized spacial score (nSPS) is 11.4. The second kappa shape index (κ2) is 8.40. The number of hydrogen-bond acceptors (Lipinski definition) is 7. The van der Waals surface area contributed by atoms with Crippen molar-refractivity contribution in [3.05, 3.63) is 40.6 Å². The van der Waals surface area contributed by atoms with E-state index in [4.69, 9.17) is 4.98 Å². The fourth-order valence-electron chi connectivity index (χ4n) is 2.94. The van der Waals surface area contributed by atoms with Crippen molar-refractivity contribution in [1.82, 2.24) is 30.2 Å². The number of carbonyl (C=O) groups is 1. The maximum atomic E-state index is 12.1. The van der Waals surface area contributed by atoms with Gasteiger partial charge in [0.05, 0.1) is 28.0 Å². The SMILES string of the molecule is Cc1csc(-c2nc(CNC(=O)CCN(C)C)[nH]c2-c2ccc3ncsc3c2)n1. The second-order valence-corrected chi connectivity index (χ2v) is 8.81. The largest absolute Gasteiger partial charge is 0.349 e. The summed E-state index contributed by atoms with van der Waals surface area (Å²) in [5.74, 6) is 0.722. The predicted molar refractivity (Wildman–Crippen MR) is 118 cm³/mol. The summed E-state index contributed by atoms with van der Waals surface area (Å²) < 4.78 is 1.12. The number of amides is 1. The van der Waals surface area contributed by atoms with Gasteiger partial charge in [-0.3, -0.25) is 4.79 Å². The summed E-state index contributed by atoms with van der Waals surface area (Å²) in [7, 11) is 3.91. The molecule has 2 N–H and O–H groups in total. The first-order chi connectivity index (χ1) is 14.0. The highest BCUT2D eigenvalue weighted by atomic mass is 32.1. The highest BCUT2D eigenvalue weighted by molar-refractivity contribution is 7.16. The molecule has 7 nitrogen and oxygen atoms in total. The van der Waals surface area contributed by atoms with Gasteiger partial charge < -0.3 is 15.2 Å². The Hall–Kier alpha value is -2.62. The lowest BCUT2D eigenvalue weighted by Gasteiger charge is -2.08. The van der Waals surface area contributed by atoms with Crippen LogP contribution in [0.1, 0.15) is 17.9 Å². The van der Waals surface area contributed by atoms with Gasteiger partial charge in [0.25, 0.3) is 0 Å². The number of imidazole rings is 1. The molecule has 4 rings (SSSR count). The fourth-order valence-corrected chi connectivity index (χ4v) is 4.45. The molecule has 3 heterocycles. The first kappa shape index (κ1) is 19.7. The van der Waals surface area contributed by atoms with E-state index in [1.807, 2.05) is 48.9 Å². The molecule has 0 bridgehead atoms. The molecule has 0 aliphatic carbocycles. The summed E-state index contributed by atoms with van der Waals surface area (Å²) in [5.41, 5.74) is 6.55. The first-order valence-electron chi connectivity index (χ1n) is 9.26. The Labute approximate surface area is 176 Å². The number of benzene rings is 1. The van der Waals surface area contributed by atoms with E-state index >= 15 is 0 Å². The lowest BCUT2D eigenvalue weighted by atomic mass is 10.1. The van der Waals surface area contributed by atoms with E-state index in [1.54, 1.807) is 22.7 Å². The number of aryl methyl sites for hydroxylation is 1. The van der Waals surface area contributed by atoms with Crippen molar-refractivity contribution in [3.63, 3.8) is 0 Å². The van der Waals surface area contributed by atoms with Crippen LogP contribution in [0.2, 0.25) is 0 Å². The van der Waals surface area contributed by atoms with E-state index in [-0.39, 0.29) is 5.91 Å². The van der Waals surface area contributed by atoms with Crippen LogP contribution in [0.25, 0.3) is 32.2 Å². The molecule has 9 heteroatoms. The third kappa shape index (κ3) is 4.52. The van der Waals surface area contributed by atoms with Crippen LogP contribution in [-0.4, -0.2) is 51.4 Å². The molecule has 4 aromatic rings. The Morgan fingerprint density at radius 3 is 2.86 bits per heavy atom. The van der Waals surface area contributed by atoms with Crippen LogP contribution in [0, 0.1) is 6.92 Å². The number of aromatic amines is 1. The molecular formula is C20H22N6OS2. The van der Waals surface area contributed by atoms with Crippen molar-refractivity contribution in [2.75, 3.05) is 20.6 Å². The van der Waals surface area contributed by atoms with Gasteiger partial charge in [-0.15, -0.1) is 22.7 Å². The van der Waals surface area contributed by atoms with Crippen molar-refractivity contribution in [2.45, 2.75) is 19.9 Å². The quantitative estimate of drug-likeness (QED) is 0.471. The van der Waals surface area contributed by atoms with Crippen LogP contribution in [0.5, 0.6) is 0 Å². The van der Waals surface area contributed by atoms with Gasteiger partial charge in [0, 0.05) is 29.6 Å². The molecule has 0 saturated carbocycles. The molecule has 3 aromatic heterocycles. The Morgan fingerprint density at radius 1 is 1.24 bits per heavy atom.